The van der Waals surface area contributed by atoms with E-state index in [1.54, 1.807) is 12.3 Å². The number of rotatable bonds is 6. The molecule has 0 unspecified atom stereocenters. The Bertz CT molecular complexity index is 492. The highest BCUT2D eigenvalue weighted by Gasteiger charge is 2.20. The third-order valence-electron chi connectivity index (χ3n) is 3.89. The van der Waals surface area contributed by atoms with Gasteiger partial charge in [-0.05, 0) is 18.8 Å². The van der Waals surface area contributed by atoms with Gasteiger partial charge >= 0.3 is 0 Å². The summed E-state index contributed by atoms with van der Waals surface area (Å²) in [5.41, 5.74) is 0.809. The van der Waals surface area contributed by atoms with Gasteiger partial charge in [0.1, 0.15) is 0 Å². The van der Waals surface area contributed by atoms with Gasteiger partial charge in [0.2, 0.25) is 0 Å². The van der Waals surface area contributed by atoms with Crippen LogP contribution in [0.2, 0.25) is 0 Å². The number of morpholine rings is 1. The lowest BCUT2D eigenvalue weighted by molar-refractivity contribution is 0.0358. The Kier molecular flexibility index (Phi) is 4.32. The summed E-state index contributed by atoms with van der Waals surface area (Å²) in [6.45, 7) is 5.90. The summed E-state index contributed by atoms with van der Waals surface area (Å²) in [5.74, 6) is 0.791. The third-order valence-corrected chi connectivity index (χ3v) is 3.89. The van der Waals surface area contributed by atoms with Crippen LogP contribution in [0.15, 0.2) is 17.1 Å². The second kappa shape index (κ2) is 6.37. The Balaban J connectivity index is 1.51. The minimum atomic E-state index is -0.0287. The van der Waals surface area contributed by atoms with Crippen molar-refractivity contribution in [2.45, 2.75) is 19.4 Å². The van der Waals surface area contributed by atoms with Crippen LogP contribution in [-0.4, -0.2) is 54.1 Å². The van der Waals surface area contributed by atoms with E-state index in [1.165, 1.54) is 17.5 Å². The molecule has 1 aromatic rings. The number of nitrogens with zero attached hydrogens (tertiary/aromatic N) is 3. The van der Waals surface area contributed by atoms with E-state index in [1.807, 2.05) is 0 Å². The fourth-order valence-corrected chi connectivity index (χ4v) is 2.34. The topological polar surface area (TPSA) is 59.4 Å². The predicted octanol–water partition coefficient (Wildman–Crippen LogP) is 0.397. The van der Waals surface area contributed by atoms with E-state index in [2.05, 4.69) is 15.3 Å². The van der Waals surface area contributed by atoms with Crippen molar-refractivity contribution in [2.75, 3.05) is 44.7 Å². The van der Waals surface area contributed by atoms with Crippen LogP contribution in [0.3, 0.4) is 0 Å². The van der Waals surface area contributed by atoms with Gasteiger partial charge in [0.25, 0.3) is 5.56 Å². The van der Waals surface area contributed by atoms with Gasteiger partial charge in [-0.2, -0.15) is 5.10 Å². The molecule has 2 fully saturated rings. The number of ether oxygens (including phenoxy) is 1. The van der Waals surface area contributed by atoms with Gasteiger partial charge < -0.3 is 10.1 Å². The molecule has 2 aliphatic rings. The lowest BCUT2D eigenvalue weighted by Crippen LogP contribution is -2.39. The van der Waals surface area contributed by atoms with Crippen LogP contribution in [0.4, 0.5) is 5.69 Å². The molecule has 1 aliphatic carbocycles. The highest BCUT2D eigenvalue weighted by Crippen LogP contribution is 2.28. The molecule has 1 saturated heterocycles. The summed E-state index contributed by atoms with van der Waals surface area (Å²) in [6.07, 6.45) is 4.36. The van der Waals surface area contributed by atoms with Crippen LogP contribution in [0, 0.1) is 5.92 Å². The van der Waals surface area contributed by atoms with Gasteiger partial charge in [0.05, 0.1) is 31.6 Å². The minimum absolute atomic E-state index is 0.0287. The molecule has 0 amide bonds. The Labute approximate surface area is 118 Å². The van der Waals surface area contributed by atoms with Gasteiger partial charge in [-0.1, -0.05) is 0 Å². The number of anilines is 1. The summed E-state index contributed by atoms with van der Waals surface area (Å²) in [4.78, 5) is 14.3. The fraction of sp³-hybridized carbons (Fsp3) is 0.714. The van der Waals surface area contributed by atoms with Gasteiger partial charge in [-0.3, -0.25) is 9.69 Å². The molecule has 0 spiro atoms. The molecule has 1 N–H and O–H groups in total. The van der Waals surface area contributed by atoms with Crippen LogP contribution >= 0.6 is 0 Å². The molecule has 110 valence electrons. The zero-order valence-electron chi connectivity index (χ0n) is 11.8. The van der Waals surface area contributed by atoms with E-state index < -0.39 is 0 Å². The number of aromatic nitrogens is 2. The van der Waals surface area contributed by atoms with E-state index in [-0.39, 0.29) is 5.56 Å². The Morgan fingerprint density at radius 3 is 2.80 bits per heavy atom. The largest absolute Gasteiger partial charge is 0.383 e. The van der Waals surface area contributed by atoms with Crippen LogP contribution in [0.5, 0.6) is 0 Å². The lowest BCUT2D eigenvalue weighted by Gasteiger charge is -2.26. The summed E-state index contributed by atoms with van der Waals surface area (Å²) in [5, 5.41) is 7.52. The first-order valence-corrected chi connectivity index (χ1v) is 7.42. The molecule has 0 aromatic carbocycles. The third kappa shape index (κ3) is 3.80. The van der Waals surface area contributed by atoms with Crippen molar-refractivity contribution >= 4 is 5.69 Å². The Morgan fingerprint density at radius 2 is 2.10 bits per heavy atom. The smallest absolute Gasteiger partial charge is 0.268 e. The molecule has 0 radical (unpaired) electrons. The second-order valence-corrected chi connectivity index (χ2v) is 5.58. The zero-order chi connectivity index (χ0) is 13.8. The van der Waals surface area contributed by atoms with Gasteiger partial charge in [0, 0.05) is 32.2 Å². The summed E-state index contributed by atoms with van der Waals surface area (Å²) >= 11 is 0. The highest BCUT2D eigenvalue weighted by molar-refractivity contribution is 5.38. The number of nitrogens with one attached hydrogen (secondary N) is 1. The van der Waals surface area contributed by atoms with Crippen LogP contribution in [0.1, 0.15) is 12.8 Å². The molecule has 3 rings (SSSR count). The van der Waals surface area contributed by atoms with Crippen molar-refractivity contribution in [3.05, 3.63) is 22.6 Å². The molecule has 1 saturated carbocycles. The van der Waals surface area contributed by atoms with Gasteiger partial charge in [0.15, 0.2) is 0 Å². The van der Waals surface area contributed by atoms with Gasteiger partial charge in [-0.15, -0.1) is 0 Å². The Morgan fingerprint density at radius 1 is 1.30 bits per heavy atom. The molecule has 20 heavy (non-hydrogen) atoms. The van der Waals surface area contributed by atoms with Crippen molar-refractivity contribution in [3.63, 3.8) is 0 Å². The zero-order valence-corrected chi connectivity index (χ0v) is 11.8. The fourth-order valence-electron chi connectivity index (χ4n) is 2.34. The first-order valence-electron chi connectivity index (χ1n) is 7.42. The van der Waals surface area contributed by atoms with Crippen molar-refractivity contribution in [2.24, 2.45) is 5.92 Å². The molecule has 6 nitrogen and oxygen atoms in total. The maximum atomic E-state index is 12.0. The van der Waals surface area contributed by atoms with Crippen LogP contribution < -0.4 is 10.9 Å². The quantitative estimate of drug-likeness (QED) is 0.816. The number of hydrogen-bond acceptors (Lipinski definition) is 5. The van der Waals surface area contributed by atoms with E-state index in [0.29, 0.717) is 6.54 Å². The molecule has 0 bridgehead atoms. The van der Waals surface area contributed by atoms with Crippen molar-refractivity contribution in [3.8, 4) is 0 Å². The Hall–Kier alpha value is -1.40. The number of hydrogen-bond donors (Lipinski definition) is 1. The van der Waals surface area contributed by atoms with Crippen LogP contribution in [0.25, 0.3) is 0 Å². The lowest BCUT2D eigenvalue weighted by atomic mass is 10.4. The summed E-state index contributed by atoms with van der Waals surface area (Å²) < 4.78 is 6.85. The highest BCUT2D eigenvalue weighted by atomic mass is 16.5. The normalized spacial score (nSPS) is 20.0. The first kappa shape index (κ1) is 13.6. The van der Waals surface area contributed by atoms with Crippen molar-refractivity contribution < 1.29 is 4.74 Å². The molecule has 6 heteroatoms. The molecular formula is C14H22N4O2. The monoisotopic (exact) mass is 278 g/mol. The molecule has 0 atom stereocenters. The first-order chi connectivity index (χ1) is 9.81. The second-order valence-electron chi connectivity index (χ2n) is 5.58. The van der Waals surface area contributed by atoms with Crippen LogP contribution in [-0.2, 0) is 11.3 Å². The summed E-state index contributed by atoms with van der Waals surface area (Å²) in [7, 11) is 0. The van der Waals surface area contributed by atoms with Gasteiger partial charge in [-0.25, -0.2) is 4.68 Å². The van der Waals surface area contributed by atoms with E-state index >= 15 is 0 Å². The average molecular weight is 278 g/mol. The summed E-state index contributed by atoms with van der Waals surface area (Å²) in [6, 6.07) is 1.65. The standard InChI is InChI=1S/C14H22N4O2/c19-14-9-13(15-10-12-1-2-12)11-16-18(14)4-3-17-5-7-20-8-6-17/h9,11-12,15H,1-8,10H2. The predicted molar refractivity (Wildman–Crippen MR) is 77.0 cm³/mol. The maximum Gasteiger partial charge on any atom is 0.268 e. The van der Waals surface area contributed by atoms with E-state index in [4.69, 9.17) is 4.74 Å². The van der Waals surface area contributed by atoms with Crippen molar-refractivity contribution in [1.29, 1.82) is 0 Å². The molecule has 2 heterocycles. The molecule has 1 aliphatic heterocycles. The van der Waals surface area contributed by atoms with E-state index in [0.717, 1.165) is 51.0 Å². The molecular weight excluding hydrogens is 256 g/mol. The SMILES string of the molecule is O=c1cc(NCC2CC2)cnn1CCN1CCOCC1. The van der Waals surface area contributed by atoms with E-state index in [9.17, 15) is 4.79 Å². The molecule has 1 aromatic heterocycles. The van der Waals surface area contributed by atoms with Crippen molar-refractivity contribution in [1.82, 2.24) is 14.7 Å². The average Bonchev–Trinajstić information content (AvgIpc) is 3.29. The minimum Gasteiger partial charge on any atom is -0.383 e. The maximum absolute atomic E-state index is 12.0.